The Hall–Kier alpha value is -1.30. The molecule has 2 aromatic heterocycles. The standard InChI is InChI=1S/C9H12N4OS/c1-6(8-12-11-7(2)14-8)15-9-10-4-5-13(9)3/h4-6H,1-3H3. The summed E-state index contributed by atoms with van der Waals surface area (Å²) >= 11 is 1.60. The van der Waals surface area contributed by atoms with Gasteiger partial charge in [0.05, 0.1) is 5.25 Å². The van der Waals surface area contributed by atoms with E-state index in [4.69, 9.17) is 4.42 Å². The van der Waals surface area contributed by atoms with Gasteiger partial charge >= 0.3 is 0 Å². The van der Waals surface area contributed by atoms with E-state index in [1.165, 1.54) is 0 Å². The molecular formula is C9H12N4OS. The highest BCUT2D eigenvalue weighted by Gasteiger charge is 2.15. The van der Waals surface area contributed by atoms with Gasteiger partial charge in [0.15, 0.2) is 5.16 Å². The predicted octanol–water partition coefficient (Wildman–Crippen LogP) is 1.96. The van der Waals surface area contributed by atoms with Crippen molar-refractivity contribution in [2.24, 2.45) is 7.05 Å². The summed E-state index contributed by atoms with van der Waals surface area (Å²) in [6, 6.07) is 0. The van der Waals surface area contributed by atoms with Crippen LogP contribution in [0.5, 0.6) is 0 Å². The molecule has 1 unspecified atom stereocenters. The number of thioether (sulfide) groups is 1. The Morgan fingerprint density at radius 1 is 1.47 bits per heavy atom. The van der Waals surface area contributed by atoms with Crippen molar-refractivity contribution in [3.05, 3.63) is 24.2 Å². The number of hydrogen-bond acceptors (Lipinski definition) is 5. The first-order valence-corrected chi connectivity index (χ1v) is 5.49. The van der Waals surface area contributed by atoms with E-state index in [1.807, 2.05) is 24.7 Å². The maximum atomic E-state index is 5.35. The van der Waals surface area contributed by atoms with Crippen molar-refractivity contribution in [3.63, 3.8) is 0 Å². The molecule has 5 nitrogen and oxygen atoms in total. The molecule has 0 fully saturated rings. The summed E-state index contributed by atoms with van der Waals surface area (Å²) in [6.45, 7) is 3.81. The molecule has 0 N–H and O–H groups in total. The predicted molar refractivity (Wildman–Crippen MR) is 56.5 cm³/mol. The van der Waals surface area contributed by atoms with Crippen LogP contribution in [-0.2, 0) is 7.05 Å². The normalized spacial score (nSPS) is 13.0. The molecule has 0 bridgehead atoms. The Labute approximate surface area is 91.9 Å². The van der Waals surface area contributed by atoms with Crippen molar-refractivity contribution in [1.82, 2.24) is 19.7 Å². The lowest BCUT2D eigenvalue weighted by atomic mass is 10.5. The summed E-state index contributed by atoms with van der Waals surface area (Å²) < 4.78 is 7.32. The smallest absolute Gasteiger partial charge is 0.229 e. The summed E-state index contributed by atoms with van der Waals surface area (Å²) in [6.07, 6.45) is 3.68. The zero-order chi connectivity index (χ0) is 10.8. The molecule has 2 heterocycles. The van der Waals surface area contributed by atoms with Gasteiger partial charge in [0.1, 0.15) is 0 Å². The van der Waals surface area contributed by atoms with Crippen molar-refractivity contribution in [2.75, 3.05) is 0 Å². The average molecular weight is 224 g/mol. The molecule has 2 rings (SSSR count). The fourth-order valence-electron chi connectivity index (χ4n) is 1.15. The average Bonchev–Trinajstić information content (AvgIpc) is 2.77. The topological polar surface area (TPSA) is 56.7 Å². The fraction of sp³-hybridized carbons (Fsp3) is 0.444. The minimum atomic E-state index is 0.118. The van der Waals surface area contributed by atoms with Gasteiger partial charge in [-0.15, -0.1) is 10.2 Å². The third-order valence-corrected chi connectivity index (χ3v) is 3.11. The molecule has 0 saturated carbocycles. The second kappa shape index (κ2) is 4.06. The van der Waals surface area contributed by atoms with Gasteiger partial charge in [0.25, 0.3) is 0 Å². The maximum absolute atomic E-state index is 5.35. The number of rotatable bonds is 3. The van der Waals surface area contributed by atoms with Crippen molar-refractivity contribution in [1.29, 1.82) is 0 Å². The third-order valence-electron chi connectivity index (χ3n) is 1.95. The highest BCUT2D eigenvalue weighted by Crippen LogP contribution is 2.32. The molecule has 80 valence electrons. The zero-order valence-electron chi connectivity index (χ0n) is 8.84. The van der Waals surface area contributed by atoms with Crippen molar-refractivity contribution in [3.8, 4) is 0 Å². The van der Waals surface area contributed by atoms with E-state index in [2.05, 4.69) is 15.2 Å². The summed E-state index contributed by atoms with van der Waals surface area (Å²) in [5, 5.41) is 8.84. The summed E-state index contributed by atoms with van der Waals surface area (Å²) in [5.74, 6) is 1.23. The van der Waals surface area contributed by atoms with Gasteiger partial charge in [-0.3, -0.25) is 0 Å². The number of aromatic nitrogens is 4. The highest BCUT2D eigenvalue weighted by atomic mass is 32.2. The Morgan fingerprint density at radius 3 is 2.80 bits per heavy atom. The largest absolute Gasteiger partial charge is 0.424 e. The van der Waals surface area contributed by atoms with E-state index < -0.39 is 0 Å². The Kier molecular flexibility index (Phi) is 2.77. The maximum Gasteiger partial charge on any atom is 0.229 e. The number of nitrogens with zero attached hydrogens (tertiary/aromatic N) is 4. The van der Waals surface area contributed by atoms with Crippen molar-refractivity contribution < 1.29 is 4.42 Å². The molecule has 0 spiro atoms. The van der Waals surface area contributed by atoms with Crippen LogP contribution < -0.4 is 0 Å². The first kappa shape index (κ1) is 10.2. The molecule has 0 aliphatic rings. The second-order valence-corrected chi connectivity index (χ2v) is 4.55. The van der Waals surface area contributed by atoms with Gasteiger partial charge in [-0.05, 0) is 6.92 Å². The van der Waals surface area contributed by atoms with E-state index in [9.17, 15) is 0 Å². The molecule has 2 aromatic rings. The second-order valence-electron chi connectivity index (χ2n) is 3.24. The lowest BCUT2D eigenvalue weighted by Gasteiger charge is -2.05. The molecule has 0 aliphatic carbocycles. The minimum absolute atomic E-state index is 0.118. The molecule has 0 radical (unpaired) electrons. The van der Waals surface area contributed by atoms with Crippen LogP contribution in [0.2, 0.25) is 0 Å². The lowest BCUT2D eigenvalue weighted by Crippen LogP contribution is -1.94. The van der Waals surface area contributed by atoms with Gasteiger partial charge in [-0.1, -0.05) is 11.8 Å². The van der Waals surface area contributed by atoms with Crippen LogP contribution in [0.3, 0.4) is 0 Å². The molecule has 15 heavy (non-hydrogen) atoms. The number of hydrogen-bond donors (Lipinski definition) is 0. The highest BCUT2D eigenvalue weighted by molar-refractivity contribution is 7.99. The third kappa shape index (κ3) is 2.20. The van der Waals surface area contributed by atoms with Crippen LogP contribution >= 0.6 is 11.8 Å². The molecular weight excluding hydrogens is 212 g/mol. The van der Waals surface area contributed by atoms with Gasteiger partial charge in [0.2, 0.25) is 11.8 Å². The fourth-order valence-corrected chi connectivity index (χ4v) is 2.01. The quantitative estimate of drug-likeness (QED) is 0.746. The van der Waals surface area contributed by atoms with Crippen LogP contribution in [0.25, 0.3) is 0 Å². The monoisotopic (exact) mass is 224 g/mol. The van der Waals surface area contributed by atoms with Crippen LogP contribution in [0, 0.1) is 6.92 Å². The van der Waals surface area contributed by atoms with Crippen molar-refractivity contribution >= 4 is 11.8 Å². The molecule has 0 amide bonds. The van der Waals surface area contributed by atoms with Gasteiger partial charge in [0, 0.05) is 26.4 Å². The lowest BCUT2D eigenvalue weighted by molar-refractivity contribution is 0.470. The van der Waals surface area contributed by atoms with E-state index in [-0.39, 0.29) is 5.25 Å². The Bertz CT molecular complexity index is 450. The summed E-state index contributed by atoms with van der Waals surface area (Å²) in [4.78, 5) is 4.22. The van der Waals surface area contributed by atoms with Gasteiger partial charge in [-0.2, -0.15) is 0 Å². The molecule has 0 aliphatic heterocycles. The van der Waals surface area contributed by atoms with Gasteiger partial charge < -0.3 is 8.98 Å². The van der Waals surface area contributed by atoms with E-state index >= 15 is 0 Å². The summed E-state index contributed by atoms with van der Waals surface area (Å²) in [5.41, 5.74) is 0. The van der Waals surface area contributed by atoms with Gasteiger partial charge in [-0.25, -0.2) is 4.98 Å². The number of imidazole rings is 1. The van der Waals surface area contributed by atoms with Crippen LogP contribution in [0.15, 0.2) is 22.0 Å². The van der Waals surface area contributed by atoms with E-state index in [0.717, 1.165) is 5.16 Å². The van der Waals surface area contributed by atoms with Crippen LogP contribution in [0.1, 0.15) is 24.0 Å². The Balaban J connectivity index is 2.10. The molecule has 1 atom stereocenters. The Morgan fingerprint density at radius 2 is 2.27 bits per heavy atom. The SMILES string of the molecule is Cc1nnc(C(C)Sc2nccn2C)o1. The minimum Gasteiger partial charge on any atom is -0.424 e. The molecule has 0 saturated heterocycles. The summed E-state index contributed by atoms with van der Waals surface area (Å²) in [7, 11) is 1.96. The molecule has 0 aromatic carbocycles. The van der Waals surface area contributed by atoms with Crippen LogP contribution in [-0.4, -0.2) is 19.7 Å². The van der Waals surface area contributed by atoms with Crippen LogP contribution in [0.4, 0.5) is 0 Å². The number of aryl methyl sites for hydroxylation is 2. The van der Waals surface area contributed by atoms with Crippen molar-refractivity contribution in [2.45, 2.75) is 24.3 Å². The molecule has 6 heteroatoms. The van der Waals surface area contributed by atoms with E-state index in [1.54, 1.807) is 24.9 Å². The first-order chi connectivity index (χ1) is 7.16. The zero-order valence-corrected chi connectivity index (χ0v) is 9.65. The first-order valence-electron chi connectivity index (χ1n) is 4.61. The van der Waals surface area contributed by atoms with E-state index in [0.29, 0.717) is 11.8 Å².